The first-order valence-corrected chi connectivity index (χ1v) is 9.88. The third-order valence-corrected chi connectivity index (χ3v) is 5.55. The van der Waals surface area contributed by atoms with Crippen LogP contribution in [0.5, 0.6) is 0 Å². The second-order valence-electron chi connectivity index (χ2n) is 7.38. The van der Waals surface area contributed by atoms with Gasteiger partial charge in [-0.3, -0.25) is 4.79 Å². The van der Waals surface area contributed by atoms with Crippen LogP contribution in [0.1, 0.15) is 61.1 Å². The van der Waals surface area contributed by atoms with Crippen molar-refractivity contribution in [1.82, 2.24) is 4.98 Å². The van der Waals surface area contributed by atoms with Gasteiger partial charge < -0.3 is 19.6 Å². The number of ether oxygens (including phenoxy) is 2. The topological polar surface area (TPSA) is 95.3 Å². The summed E-state index contributed by atoms with van der Waals surface area (Å²) in [5.41, 5.74) is 4.28. The minimum Gasteiger partial charge on any atom is -0.481 e. The van der Waals surface area contributed by atoms with E-state index in [0.717, 1.165) is 39.7 Å². The molecule has 0 amide bonds. The molecule has 2 heterocycles. The van der Waals surface area contributed by atoms with Crippen molar-refractivity contribution in [1.29, 1.82) is 5.26 Å². The summed E-state index contributed by atoms with van der Waals surface area (Å²) in [5, 5.41) is 20.2. The molecule has 6 heteroatoms. The zero-order chi connectivity index (χ0) is 21.0. The fourth-order valence-corrected chi connectivity index (χ4v) is 4.29. The number of nitriles is 1. The number of aryl methyl sites for hydroxylation is 1. The SMILES string of the molecule is CC#CCOCc1cc(C#N)c2c3c([nH]c2c1C)C(CCC)(CC(=O)O)OCC3. The number of aromatic amines is 1. The molecule has 152 valence electrons. The van der Waals surface area contributed by atoms with Crippen LogP contribution in [-0.4, -0.2) is 29.3 Å². The van der Waals surface area contributed by atoms with E-state index in [1.165, 1.54) is 0 Å². The van der Waals surface area contributed by atoms with E-state index in [9.17, 15) is 15.2 Å². The number of carboxylic acid groups (broad SMARTS) is 1. The third-order valence-electron chi connectivity index (χ3n) is 5.55. The summed E-state index contributed by atoms with van der Waals surface area (Å²) < 4.78 is 11.7. The minimum absolute atomic E-state index is 0.104. The maximum absolute atomic E-state index is 11.6. The molecule has 1 atom stereocenters. The molecule has 0 saturated carbocycles. The largest absolute Gasteiger partial charge is 0.481 e. The number of hydrogen-bond acceptors (Lipinski definition) is 4. The highest BCUT2D eigenvalue weighted by molar-refractivity contribution is 5.94. The Morgan fingerprint density at radius 3 is 2.93 bits per heavy atom. The Hall–Kier alpha value is -2.80. The molecule has 2 N–H and O–H groups in total. The molecule has 0 saturated heterocycles. The van der Waals surface area contributed by atoms with Gasteiger partial charge in [0, 0.05) is 5.39 Å². The molecule has 6 nitrogen and oxygen atoms in total. The van der Waals surface area contributed by atoms with Crippen LogP contribution in [0.3, 0.4) is 0 Å². The standard InChI is InChI=1S/C23H26N2O4/c1-4-6-9-28-14-17-11-16(13-24)20-18-7-10-29-23(8-5-2,12-19(26)27)22(18)25-21(20)15(17)3/h11,25H,5,7-10,12,14H2,1-3H3,(H,26,27). The number of carboxylic acids is 1. The smallest absolute Gasteiger partial charge is 0.306 e. The Morgan fingerprint density at radius 2 is 2.28 bits per heavy atom. The van der Waals surface area contributed by atoms with Crippen molar-refractivity contribution in [2.75, 3.05) is 13.2 Å². The predicted octanol–water partition coefficient (Wildman–Crippen LogP) is 3.93. The third kappa shape index (κ3) is 3.87. The molecule has 1 aliphatic rings. The predicted molar refractivity (Wildman–Crippen MR) is 109 cm³/mol. The minimum atomic E-state index is -0.895. The molecule has 0 radical (unpaired) electrons. The molecule has 1 unspecified atom stereocenters. The van der Waals surface area contributed by atoms with E-state index >= 15 is 0 Å². The summed E-state index contributed by atoms with van der Waals surface area (Å²) in [6, 6.07) is 4.19. The average Bonchev–Trinajstić information content (AvgIpc) is 3.08. The summed E-state index contributed by atoms with van der Waals surface area (Å²) >= 11 is 0. The summed E-state index contributed by atoms with van der Waals surface area (Å²) in [5.74, 6) is 4.77. The van der Waals surface area contributed by atoms with Crippen molar-refractivity contribution in [2.24, 2.45) is 0 Å². The van der Waals surface area contributed by atoms with E-state index in [0.29, 0.717) is 38.2 Å². The van der Waals surface area contributed by atoms with Gasteiger partial charge in [-0.05, 0) is 49.4 Å². The molecule has 1 aromatic carbocycles. The number of nitrogens with zero attached hydrogens (tertiary/aromatic N) is 1. The summed E-state index contributed by atoms with van der Waals surface area (Å²) in [6.45, 7) is 6.92. The fourth-order valence-electron chi connectivity index (χ4n) is 4.29. The highest BCUT2D eigenvalue weighted by atomic mass is 16.5. The van der Waals surface area contributed by atoms with Gasteiger partial charge in [-0.25, -0.2) is 0 Å². The molecule has 0 spiro atoms. The normalized spacial score (nSPS) is 18.0. The number of fused-ring (bicyclic) bond motifs is 3. The van der Waals surface area contributed by atoms with Gasteiger partial charge in [-0.1, -0.05) is 19.3 Å². The van der Waals surface area contributed by atoms with Crippen LogP contribution in [0.15, 0.2) is 6.07 Å². The van der Waals surface area contributed by atoms with E-state index in [-0.39, 0.29) is 6.42 Å². The molecule has 0 aliphatic carbocycles. The van der Waals surface area contributed by atoms with Gasteiger partial charge in [-0.2, -0.15) is 5.26 Å². The van der Waals surface area contributed by atoms with Crippen molar-refractivity contribution in [3.8, 4) is 17.9 Å². The highest BCUT2D eigenvalue weighted by Crippen LogP contribution is 2.44. The number of aliphatic carboxylic acids is 1. The van der Waals surface area contributed by atoms with E-state index in [1.54, 1.807) is 6.92 Å². The zero-order valence-electron chi connectivity index (χ0n) is 17.1. The van der Waals surface area contributed by atoms with Gasteiger partial charge in [0.05, 0.1) is 42.5 Å². The number of carbonyl (C=O) groups is 1. The molecule has 1 aromatic heterocycles. The lowest BCUT2D eigenvalue weighted by Gasteiger charge is -2.36. The molecule has 29 heavy (non-hydrogen) atoms. The Balaban J connectivity index is 2.17. The Bertz CT molecular complexity index is 1040. The lowest BCUT2D eigenvalue weighted by atomic mass is 9.84. The molecule has 0 fully saturated rings. The summed E-state index contributed by atoms with van der Waals surface area (Å²) in [7, 11) is 0. The maximum atomic E-state index is 11.6. The van der Waals surface area contributed by atoms with Crippen LogP contribution in [-0.2, 0) is 32.9 Å². The lowest BCUT2D eigenvalue weighted by molar-refractivity contribution is -0.149. The first-order chi connectivity index (χ1) is 14.0. The maximum Gasteiger partial charge on any atom is 0.306 e. The number of H-pyrrole nitrogens is 1. The zero-order valence-corrected chi connectivity index (χ0v) is 17.1. The van der Waals surface area contributed by atoms with Crippen molar-refractivity contribution in [3.63, 3.8) is 0 Å². The molecular weight excluding hydrogens is 368 g/mol. The summed E-state index contributed by atoms with van der Waals surface area (Å²) in [6.07, 6.45) is 1.94. The lowest BCUT2D eigenvalue weighted by Crippen LogP contribution is -2.37. The van der Waals surface area contributed by atoms with Gasteiger partial charge in [-0.15, -0.1) is 5.92 Å². The monoisotopic (exact) mass is 394 g/mol. The van der Waals surface area contributed by atoms with Crippen molar-refractivity contribution < 1.29 is 19.4 Å². The van der Waals surface area contributed by atoms with Crippen LogP contribution in [0, 0.1) is 30.1 Å². The Kier molecular flexibility index (Phi) is 6.27. The number of nitrogens with one attached hydrogen (secondary N) is 1. The number of hydrogen-bond donors (Lipinski definition) is 2. The Labute approximate surface area is 170 Å². The molecule has 0 bridgehead atoms. The van der Waals surface area contributed by atoms with E-state index < -0.39 is 11.6 Å². The van der Waals surface area contributed by atoms with Crippen LogP contribution in [0.4, 0.5) is 0 Å². The number of benzene rings is 1. The molecule has 3 rings (SSSR count). The van der Waals surface area contributed by atoms with Gasteiger partial charge in [0.2, 0.25) is 0 Å². The highest BCUT2D eigenvalue weighted by Gasteiger charge is 2.42. The van der Waals surface area contributed by atoms with Gasteiger partial charge in [0.1, 0.15) is 12.2 Å². The molecular formula is C23H26N2O4. The van der Waals surface area contributed by atoms with Crippen LogP contribution < -0.4 is 0 Å². The van der Waals surface area contributed by atoms with Crippen molar-refractivity contribution in [2.45, 2.75) is 58.7 Å². The molecule has 2 aromatic rings. The van der Waals surface area contributed by atoms with Crippen LogP contribution in [0.2, 0.25) is 0 Å². The number of rotatable bonds is 7. The second kappa shape index (κ2) is 8.69. The van der Waals surface area contributed by atoms with Crippen molar-refractivity contribution in [3.05, 3.63) is 34.0 Å². The van der Waals surface area contributed by atoms with Crippen molar-refractivity contribution >= 4 is 16.9 Å². The van der Waals surface area contributed by atoms with Crippen LogP contribution >= 0.6 is 0 Å². The van der Waals surface area contributed by atoms with E-state index in [4.69, 9.17) is 9.47 Å². The average molecular weight is 394 g/mol. The van der Waals surface area contributed by atoms with E-state index in [1.807, 2.05) is 19.9 Å². The first-order valence-electron chi connectivity index (χ1n) is 9.88. The van der Waals surface area contributed by atoms with Gasteiger partial charge >= 0.3 is 5.97 Å². The Morgan fingerprint density at radius 1 is 1.48 bits per heavy atom. The fraction of sp³-hybridized carbons (Fsp3) is 0.478. The van der Waals surface area contributed by atoms with Crippen LogP contribution in [0.25, 0.3) is 10.9 Å². The summed E-state index contributed by atoms with van der Waals surface area (Å²) in [4.78, 5) is 15.1. The second-order valence-corrected chi connectivity index (χ2v) is 7.38. The first kappa shape index (κ1) is 20.9. The van der Waals surface area contributed by atoms with Gasteiger partial charge in [0.25, 0.3) is 0 Å². The molecule has 1 aliphatic heterocycles. The van der Waals surface area contributed by atoms with Gasteiger partial charge in [0.15, 0.2) is 0 Å². The quantitative estimate of drug-likeness (QED) is 0.548. The number of aromatic nitrogens is 1. The van der Waals surface area contributed by atoms with E-state index in [2.05, 4.69) is 22.9 Å².